The molecule has 122 valence electrons. The quantitative estimate of drug-likeness (QED) is 0.695. The van der Waals surface area contributed by atoms with Crippen LogP contribution in [0, 0.1) is 6.92 Å². The molecule has 0 saturated carbocycles. The van der Waals surface area contributed by atoms with Crippen LogP contribution >= 0.6 is 23.4 Å². The predicted molar refractivity (Wildman–Crippen MR) is 97.8 cm³/mol. The summed E-state index contributed by atoms with van der Waals surface area (Å²) in [5, 5.41) is 1.59. The number of hydrogen-bond donors (Lipinski definition) is 1. The molecule has 4 nitrogen and oxygen atoms in total. The van der Waals surface area contributed by atoms with Crippen molar-refractivity contribution in [2.45, 2.75) is 17.8 Å². The summed E-state index contributed by atoms with van der Waals surface area (Å²) in [4.78, 5) is 15.7. The Bertz CT molecular complexity index is 891. The molecule has 0 radical (unpaired) electrons. The van der Waals surface area contributed by atoms with Gasteiger partial charge < -0.3 is 5.73 Å². The molecule has 1 aromatic heterocycles. The third kappa shape index (κ3) is 3.47. The first-order valence-electron chi connectivity index (χ1n) is 7.36. The van der Waals surface area contributed by atoms with Gasteiger partial charge in [-0.05, 0) is 42.3 Å². The molecule has 24 heavy (non-hydrogen) atoms. The lowest BCUT2D eigenvalue weighted by Crippen LogP contribution is -2.10. The fourth-order valence-electron chi connectivity index (χ4n) is 2.40. The van der Waals surface area contributed by atoms with Gasteiger partial charge in [0.05, 0.1) is 5.69 Å². The molecule has 2 N–H and O–H groups in total. The van der Waals surface area contributed by atoms with Crippen LogP contribution in [0.4, 0.5) is 0 Å². The minimum Gasteiger partial charge on any atom is -0.366 e. The topological polar surface area (TPSA) is 60.9 Å². The number of primary amides is 1. The zero-order chi connectivity index (χ0) is 17.1. The maximum atomic E-state index is 11.3. The molecule has 0 atom stereocenters. The van der Waals surface area contributed by atoms with Crippen molar-refractivity contribution in [2.24, 2.45) is 5.73 Å². The largest absolute Gasteiger partial charge is 0.366 e. The van der Waals surface area contributed by atoms with Gasteiger partial charge >= 0.3 is 0 Å². The number of nitrogens with zero attached hydrogens (tertiary/aromatic N) is 2. The smallest absolute Gasteiger partial charge is 0.248 e. The number of halogens is 1. The average molecular weight is 358 g/mol. The third-order valence-corrected chi connectivity index (χ3v) is 5.13. The molecule has 0 spiro atoms. The average Bonchev–Trinajstić information content (AvgIpc) is 3.04. The monoisotopic (exact) mass is 357 g/mol. The van der Waals surface area contributed by atoms with Crippen molar-refractivity contribution in [1.82, 2.24) is 9.55 Å². The number of rotatable bonds is 5. The zero-order valence-electron chi connectivity index (χ0n) is 13.1. The van der Waals surface area contributed by atoms with Crippen molar-refractivity contribution in [2.75, 3.05) is 0 Å². The van der Waals surface area contributed by atoms with Gasteiger partial charge in [0, 0.05) is 28.7 Å². The van der Waals surface area contributed by atoms with Crippen molar-refractivity contribution in [3.05, 3.63) is 76.6 Å². The second-order valence-electron chi connectivity index (χ2n) is 5.32. The lowest BCUT2D eigenvalue weighted by Gasteiger charge is -2.11. The van der Waals surface area contributed by atoms with Crippen LogP contribution in [0.25, 0.3) is 5.69 Å². The van der Waals surface area contributed by atoms with Gasteiger partial charge in [-0.25, -0.2) is 4.98 Å². The number of amides is 1. The molecule has 6 heteroatoms. The molecule has 3 aromatic rings. The van der Waals surface area contributed by atoms with Crippen LogP contribution in [0.2, 0.25) is 5.02 Å². The number of thioether (sulfide) groups is 1. The molecular weight excluding hydrogens is 342 g/mol. The van der Waals surface area contributed by atoms with E-state index in [9.17, 15) is 4.79 Å². The highest BCUT2D eigenvalue weighted by atomic mass is 35.5. The first kappa shape index (κ1) is 16.6. The molecule has 0 unspecified atom stereocenters. The van der Waals surface area contributed by atoms with E-state index in [1.54, 1.807) is 24.0 Å². The van der Waals surface area contributed by atoms with Gasteiger partial charge in [0.2, 0.25) is 5.91 Å². The van der Waals surface area contributed by atoms with E-state index >= 15 is 0 Å². The van der Waals surface area contributed by atoms with Gasteiger partial charge in [-0.15, -0.1) is 0 Å². The first-order chi connectivity index (χ1) is 11.6. The number of benzene rings is 2. The van der Waals surface area contributed by atoms with E-state index in [-0.39, 0.29) is 0 Å². The second kappa shape index (κ2) is 7.11. The fraction of sp³-hybridized carbons (Fsp3) is 0.111. The Balaban J connectivity index is 1.83. The molecule has 3 rings (SSSR count). The number of hydrogen-bond acceptors (Lipinski definition) is 3. The van der Waals surface area contributed by atoms with E-state index in [1.807, 2.05) is 54.1 Å². The number of imidazole rings is 1. The summed E-state index contributed by atoms with van der Waals surface area (Å²) in [7, 11) is 0. The molecular formula is C18H16ClN3OS. The highest BCUT2D eigenvalue weighted by Crippen LogP contribution is 2.28. The Labute approximate surface area is 149 Å². The van der Waals surface area contributed by atoms with Crippen molar-refractivity contribution in [3.63, 3.8) is 0 Å². The summed E-state index contributed by atoms with van der Waals surface area (Å²) < 4.78 is 2.02. The summed E-state index contributed by atoms with van der Waals surface area (Å²) in [5.41, 5.74) is 8.88. The minimum absolute atomic E-state index is 0.419. The van der Waals surface area contributed by atoms with Gasteiger partial charge in [0.1, 0.15) is 0 Å². The van der Waals surface area contributed by atoms with Crippen molar-refractivity contribution in [1.29, 1.82) is 0 Å². The number of carbonyl (C=O) groups excluding carboxylic acids is 1. The van der Waals surface area contributed by atoms with Crippen molar-refractivity contribution in [3.8, 4) is 5.69 Å². The maximum absolute atomic E-state index is 11.3. The molecule has 0 saturated heterocycles. The number of nitrogens with two attached hydrogens (primary N) is 1. The van der Waals surface area contributed by atoms with Gasteiger partial charge in [0.15, 0.2) is 5.16 Å². The van der Waals surface area contributed by atoms with Crippen molar-refractivity contribution < 1.29 is 4.79 Å². The summed E-state index contributed by atoms with van der Waals surface area (Å²) in [6.07, 6.45) is 3.68. The highest BCUT2D eigenvalue weighted by Gasteiger charge is 2.10. The molecule has 2 aromatic carbocycles. The second-order valence-corrected chi connectivity index (χ2v) is 6.67. The first-order valence-corrected chi connectivity index (χ1v) is 8.73. The number of carbonyl (C=O) groups is 1. The number of aromatic nitrogens is 2. The van der Waals surface area contributed by atoms with Crippen molar-refractivity contribution >= 4 is 29.3 Å². The molecule has 1 amide bonds. The van der Waals surface area contributed by atoms with Crippen LogP contribution in [-0.4, -0.2) is 15.5 Å². The lowest BCUT2D eigenvalue weighted by atomic mass is 10.1. The molecule has 1 heterocycles. The summed E-state index contributed by atoms with van der Waals surface area (Å²) in [6, 6.07) is 13.1. The standard InChI is InChI=1S/C18H16ClN3OS/c1-12-15(19)6-3-7-16(12)22-9-8-21-18(22)24-11-13-4-2-5-14(10-13)17(20)23/h2-10H,11H2,1H3,(H2,20,23). The van der Waals surface area contributed by atoms with Crippen LogP contribution in [-0.2, 0) is 5.75 Å². The lowest BCUT2D eigenvalue weighted by molar-refractivity contribution is 0.1000. The van der Waals surface area contributed by atoms with E-state index in [2.05, 4.69) is 4.98 Å². The maximum Gasteiger partial charge on any atom is 0.248 e. The summed E-state index contributed by atoms with van der Waals surface area (Å²) in [6.45, 7) is 1.99. The fourth-order valence-corrected chi connectivity index (χ4v) is 3.48. The SMILES string of the molecule is Cc1c(Cl)cccc1-n1ccnc1SCc1cccc(C(N)=O)c1. The minimum atomic E-state index is -0.419. The third-order valence-electron chi connectivity index (χ3n) is 3.68. The summed E-state index contributed by atoms with van der Waals surface area (Å²) in [5.74, 6) is 0.274. The van der Waals surface area contributed by atoms with Gasteiger partial charge in [-0.3, -0.25) is 9.36 Å². The molecule has 0 aliphatic heterocycles. The Kier molecular flexibility index (Phi) is 4.92. The van der Waals surface area contributed by atoms with Crippen LogP contribution in [0.15, 0.2) is 60.0 Å². The van der Waals surface area contributed by atoms with Crippen LogP contribution in [0.1, 0.15) is 21.5 Å². The highest BCUT2D eigenvalue weighted by molar-refractivity contribution is 7.98. The zero-order valence-corrected chi connectivity index (χ0v) is 14.6. The van der Waals surface area contributed by atoms with E-state index in [1.165, 1.54) is 0 Å². The van der Waals surface area contributed by atoms with Crippen LogP contribution in [0.5, 0.6) is 0 Å². The molecule has 0 fully saturated rings. The summed E-state index contributed by atoms with van der Waals surface area (Å²) >= 11 is 7.81. The molecule has 0 bridgehead atoms. The van der Waals surface area contributed by atoms with Crippen LogP contribution < -0.4 is 5.73 Å². The van der Waals surface area contributed by atoms with E-state index in [0.29, 0.717) is 11.3 Å². The Hall–Kier alpha value is -2.24. The predicted octanol–water partition coefficient (Wildman–Crippen LogP) is 4.23. The van der Waals surface area contributed by atoms with Crippen LogP contribution in [0.3, 0.4) is 0 Å². The van der Waals surface area contributed by atoms with Gasteiger partial charge in [0.25, 0.3) is 0 Å². The Morgan fingerprint density at radius 1 is 1.29 bits per heavy atom. The van der Waals surface area contributed by atoms with E-state index in [0.717, 1.165) is 27.0 Å². The molecule has 0 aliphatic carbocycles. The van der Waals surface area contributed by atoms with Gasteiger partial charge in [-0.1, -0.05) is 41.6 Å². The Morgan fingerprint density at radius 3 is 2.88 bits per heavy atom. The van der Waals surface area contributed by atoms with E-state index < -0.39 is 5.91 Å². The normalized spacial score (nSPS) is 10.8. The van der Waals surface area contributed by atoms with E-state index in [4.69, 9.17) is 17.3 Å². The Morgan fingerprint density at radius 2 is 2.08 bits per heavy atom. The molecule has 0 aliphatic rings. The van der Waals surface area contributed by atoms with Gasteiger partial charge in [-0.2, -0.15) is 0 Å².